The number of ether oxygens (including phenoxy) is 1. The van der Waals surface area contributed by atoms with Crippen molar-refractivity contribution in [1.82, 2.24) is 19.8 Å². The zero-order valence-corrected chi connectivity index (χ0v) is 21.0. The molecule has 6 rings (SSSR count). The molecule has 0 radical (unpaired) electrons. The number of hydrogen-bond acceptors (Lipinski definition) is 3. The molecule has 35 heavy (non-hydrogen) atoms. The molecule has 2 aromatic heterocycles. The summed E-state index contributed by atoms with van der Waals surface area (Å²) in [5.41, 5.74) is 5.93. The van der Waals surface area contributed by atoms with Gasteiger partial charge in [0.15, 0.2) is 5.11 Å². The monoisotopic (exact) mass is 482 g/mol. The topological polar surface area (TPSA) is 42.3 Å². The van der Waals surface area contributed by atoms with Crippen LogP contribution in [0.2, 0.25) is 0 Å². The molecule has 2 aromatic carbocycles. The lowest BCUT2D eigenvalue weighted by Crippen LogP contribution is -2.36. The van der Waals surface area contributed by atoms with Crippen molar-refractivity contribution in [2.75, 3.05) is 13.2 Å². The standard InChI is InChI=1S/C29H30N4OS/c1-19-17-24(20(2)33(19)26-14-7-10-21-9-3-4-12-23(21)26)28-27(25-13-5-6-15-30-25)31-29(35)32(28)18-22-11-8-16-34-22/h3-7,9-10,12-15,17,22,27-28H,8,11,16,18H2,1-2H3,(H,31,35)/t22-,27-,28-/m1/s1. The van der Waals surface area contributed by atoms with Gasteiger partial charge >= 0.3 is 0 Å². The van der Waals surface area contributed by atoms with E-state index in [4.69, 9.17) is 21.9 Å². The average Bonchev–Trinajstić information content (AvgIpc) is 3.58. The van der Waals surface area contributed by atoms with E-state index >= 15 is 0 Å². The first-order valence-electron chi connectivity index (χ1n) is 12.4. The van der Waals surface area contributed by atoms with E-state index in [-0.39, 0.29) is 18.2 Å². The number of aromatic nitrogens is 2. The maximum absolute atomic E-state index is 6.02. The van der Waals surface area contributed by atoms with Crippen molar-refractivity contribution in [2.45, 2.75) is 44.9 Å². The van der Waals surface area contributed by atoms with E-state index in [1.54, 1.807) is 0 Å². The summed E-state index contributed by atoms with van der Waals surface area (Å²) >= 11 is 5.89. The summed E-state index contributed by atoms with van der Waals surface area (Å²) in [6.07, 6.45) is 4.26. The Hall–Kier alpha value is -3.22. The molecule has 0 unspecified atom stereocenters. The number of nitrogens with one attached hydrogen (secondary N) is 1. The summed E-state index contributed by atoms with van der Waals surface area (Å²) < 4.78 is 8.40. The Morgan fingerprint density at radius 3 is 2.69 bits per heavy atom. The quantitative estimate of drug-likeness (QED) is 0.365. The second kappa shape index (κ2) is 9.10. The van der Waals surface area contributed by atoms with Crippen molar-refractivity contribution in [2.24, 2.45) is 0 Å². The van der Waals surface area contributed by atoms with Crippen molar-refractivity contribution in [3.8, 4) is 5.69 Å². The van der Waals surface area contributed by atoms with Crippen LogP contribution >= 0.6 is 12.2 Å². The van der Waals surface area contributed by atoms with Gasteiger partial charge in [0.25, 0.3) is 0 Å². The Balaban J connectivity index is 1.48. The van der Waals surface area contributed by atoms with Crippen LogP contribution < -0.4 is 5.32 Å². The third-order valence-corrected chi connectivity index (χ3v) is 7.77. The SMILES string of the molecule is Cc1cc([C@@H]2[C@@H](c3ccccn3)NC(=S)N2C[C@H]2CCCO2)c(C)n1-c1cccc2ccccc12. The van der Waals surface area contributed by atoms with Crippen molar-refractivity contribution in [3.05, 3.63) is 95.6 Å². The van der Waals surface area contributed by atoms with Gasteiger partial charge < -0.3 is 19.5 Å². The number of rotatable bonds is 5. The smallest absolute Gasteiger partial charge is 0.170 e. The number of hydrogen-bond donors (Lipinski definition) is 1. The van der Waals surface area contributed by atoms with Gasteiger partial charge in [0.1, 0.15) is 0 Å². The molecule has 2 aliphatic rings. The van der Waals surface area contributed by atoms with E-state index < -0.39 is 0 Å². The highest BCUT2D eigenvalue weighted by atomic mass is 32.1. The van der Waals surface area contributed by atoms with E-state index in [1.165, 1.54) is 33.4 Å². The van der Waals surface area contributed by atoms with Crippen molar-refractivity contribution < 1.29 is 4.74 Å². The zero-order valence-electron chi connectivity index (χ0n) is 20.1. The highest BCUT2D eigenvalue weighted by Gasteiger charge is 2.42. The maximum atomic E-state index is 6.02. The molecule has 4 heterocycles. The molecule has 1 N–H and O–H groups in total. The fourth-order valence-corrected chi connectivity index (χ4v) is 6.12. The van der Waals surface area contributed by atoms with E-state index in [2.05, 4.69) is 83.2 Å². The van der Waals surface area contributed by atoms with Crippen LogP contribution in [0.15, 0.2) is 72.9 Å². The molecule has 2 saturated heterocycles. The third kappa shape index (κ3) is 3.91. The summed E-state index contributed by atoms with van der Waals surface area (Å²) in [7, 11) is 0. The normalized spacial score (nSPS) is 22.2. The predicted molar refractivity (Wildman–Crippen MR) is 144 cm³/mol. The number of fused-ring (bicyclic) bond motifs is 1. The van der Waals surface area contributed by atoms with Crippen molar-refractivity contribution in [1.29, 1.82) is 0 Å². The van der Waals surface area contributed by atoms with Crippen LogP contribution in [0.25, 0.3) is 16.5 Å². The van der Waals surface area contributed by atoms with Crippen LogP contribution in [0.3, 0.4) is 0 Å². The molecule has 178 valence electrons. The lowest BCUT2D eigenvalue weighted by Gasteiger charge is -2.30. The lowest BCUT2D eigenvalue weighted by atomic mass is 9.96. The summed E-state index contributed by atoms with van der Waals surface area (Å²) in [5, 5.41) is 6.87. The number of aryl methyl sites for hydroxylation is 1. The summed E-state index contributed by atoms with van der Waals surface area (Å²) in [4.78, 5) is 7.04. The number of thiocarbonyl (C=S) groups is 1. The maximum Gasteiger partial charge on any atom is 0.170 e. The fraction of sp³-hybridized carbons (Fsp3) is 0.310. The molecular formula is C29H30N4OS. The van der Waals surface area contributed by atoms with Gasteiger partial charge in [-0.2, -0.15) is 0 Å². The molecule has 6 heteroatoms. The van der Waals surface area contributed by atoms with Gasteiger partial charge in [-0.15, -0.1) is 0 Å². The Bertz CT molecular complexity index is 1370. The molecule has 2 fully saturated rings. The van der Waals surface area contributed by atoms with Gasteiger partial charge in [0, 0.05) is 36.1 Å². The lowest BCUT2D eigenvalue weighted by molar-refractivity contribution is 0.0842. The molecular weight excluding hydrogens is 452 g/mol. The highest BCUT2D eigenvalue weighted by molar-refractivity contribution is 7.80. The first-order chi connectivity index (χ1) is 17.1. The number of pyridine rings is 1. The minimum absolute atomic E-state index is 0.0217. The van der Waals surface area contributed by atoms with Crippen molar-refractivity contribution in [3.63, 3.8) is 0 Å². The number of benzene rings is 2. The van der Waals surface area contributed by atoms with Crippen LogP contribution in [0, 0.1) is 13.8 Å². The van der Waals surface area contributed by atoms with Crippen LogP contribution in [0.5, 0.6) is 0 Å². The van der Waals surface area contributed by atoms with Crippen LogP contribution in [-0.4, -0.2) is 38.8 Å². The summed E-state index contributed by atoms with van der Waals surface area (Å²) in [6, 6.07) is 23.6. The Kier molecular flexibility index (Phi) is 5.78. The van der Waals surface area contributed by atoms with Gasteiger partial charge in [-0.05, 0) is 74.1 Å². The Labute approximate surface area is 211 Å². The highest BCUT2D eigenvalue weighted by Crippen LogP contribution is 2.42. The molecule has 0 amide bonds. The van der Waals surface area contributed by atoms with Gasteiger partial charge in [-0.3, -0.25) is 4.98 Å². The fourth-order valence-electron chi connectivity index (χ4n) is 5.81. The van der Waals surface area contributed by atoms with Crippen LogP contribution in [0.1, 0.15) is 47.6 Å². The largest absolute Gasteiger partial charge is 0.376 e. The van der Waals surface area contributed by atoms with Gasteiger partial charge in [-0.25, -0.2) is 0 Å². The Morgan fingerprint density at radius 1 is 1.06 bits per heavy atom. The van der Waals surface area contributed by atoms with Gasteiger partial charge in [-0.1, -0.05) is 42.5 Å². The van der Waals surface area contributed by atoms with E-state index in [0.717, 1.165) is 36.8 Å². The average molecular weight is 483 g/mol. The second-order valence-corrected chi connectivity index (χ2v) is 9.96. The van der Waals surface area contributed by atoms with Crippen LogP contribution in [-0.2, 0) is 4.74 Å². The van der Waals surface area contributed by atoms with E-state index in [1.807, 2.05) is 18.3 Å². The van der Waals surface area contributed by atoms with Crippen molar-refractivity contribution >= 4 is 28.1 Å². The Morgan fingerprint density at radius 2 is 1.89 bits per heavy atom. The molecule has 4 aromatic rings. The predicted octanol–water partition coefficient (Wildman–Crippen LogP) is 5.79. The molecule has 0 bridgehead atoms. The second-order valence-electron chi connectivity index (χ2n) is 9.57. The minimum atomic E-state index is -0.0217. The first-order valence-corrected chi connectivity index (χ1v) is 12.8. The van der Waals surface area contributed by atoms with Gasteiger partial charge in [0.2, 0.25) is 0 Å². The molecule has 0 aliphatic carbocycles. The molecule has 2 aliphatic heterocycles. The van der Waals surface area contributed by atoms with E-state index in [0.29, 0.717) is 0 Å². The molecule has 3 atom stereocenters. The summed E-state index contributed by atoms with van der Waals surface area (Å²) in [5.74, 6) is 0. The zero-order chi connectivity index (χ0) is 23.9. The molecule has 0 spiro atoms. The third-order valence-electron chi connectivity index (χ3n) is 7.42. The number of nitrogens with zero attached hydrogens (tertiary/aromatic N) is 3. The molecule has 5 nitrogen and oxygen atoms in total. The first kappa shape index (κ1) is 22.3. The minimum Gasteiger partial charge on any atom is -0.376 e. The molecule has 0 saturated carbocycles. The summed E-state index contributed by atoms with van der Waals surface area (Å²) in [6.45, 7) is 6.05. The van der Waals surface area contributed by atoms with Gasteiger partial charge in [0.05, 0.1) is 29.6 Å². The van der Waals surface area contributed by atoms with Crippen LogP contribution in [0.4, 0.5) is 0 Å². The van der Waals surface area contributed by atoms with E-state index in [9.17, 15) is 0 Å².